The SMILES string of the molecule is CNC(=O)C1CCCCN1C(=O)c1ccnc(OC2CCCCC2)c1. The van der Waals surface area contributed by atoms with E-state index < -0.39 is 0 Å². The summed E-state index contributed by atoms with van der Waals surface area (Å²) >= 11 is 0. The number of carbonyl (C=O) groups excluding carboxylic acids is 2. The summed E-state index contributed by atoms with van der Waals surface area (Å²) in [5.41, 5.74) is 0.539. The predicted octanol–water partition coefficient (Wildman–Crippen LogP) is 2.53. The fourth-order valence-electron chi connectivity index (χ4n) is 3.74. The van der Waals surface area contributed by atoms with E-state index in [0.717, 1.165) is 25.7 Å². The second-order valence-corrected chi connectivity index (χ2v) is 6.89. The number of ether oxygens (including phenoxy) is 1. The smallest absolute Gasteiger partial charge is 0.254 e. The second kappa shape index (κ2) is 8.32. The zero-order valence-corrected chi connectivity index (χ0v) is 14.9. The summed E-state index contributed by atoms with van der Waals surface area (Å²) in [4.78, 5) is 31.0. The Morgan fingerprint density at radius 3 is 2.68 bits per heavy atom. The number of likely N-dealkylation sites (N-methyl/N-ethyl adjacent to an activating group) is 1. The number of carbonyl (C=O) groups is 2. The van der Waals surface area contributed by atoms with E-state index in [0.29, 0.717) is 24.4 Å². The lowest BCUT2D eigenvalue weighted by Crippen LogP contribution is -2.51. The summed E-state index contributed by atoms with van der Waals surface area (Å²) in [7, 11) is 1.61. The molecule has 1 N–H and O–H groups in total. The Kier molecular flexibility index (Phi) is 5.89. The molecule has 1 saturated heterocycles. The number of likely N-dealkylation sites (tertiary alicyclic amines) is 1. The van der Waals surface area contributed by atoms with Crippen LogP contribution in [-0.2, 0) is 4.79 Å². The van der Waals surface area contributed by atoms with Crippen LogP contribution in [0.1, 0.15) is 61.7 Å². The summed E-state index contributed by atoms with van der Waals surface area (Å²) in [5, 5.41) is 2.67. The normalized spacial score (nSPS) is 21.6. The van der Waals surface area contributed by atoms with E-state index in [1.165, 1.54) is 19.3 Å². The van der Waals surface area contributed by atoms with Crippen LogP contribution in [0.15, 0.2) is 18.3 Å². The van der Waals surface area contributed by atoms with E-state index >= 15 is 0 Å². The van der Waals surface area contributed by atoms with Crippen LogP contribution in [0.2, 0.25) is 0 Å². The van der Waals surface area contributed by atoms with Crippen molar-refractivity contribution in [2.75, 3.05) is 13.6 Å². The summed E-state index contributed by atoms with van der Waals surface area (Å²) < 4.78 is 5.97. The van der Waals surface area contributed by atoms with Gasteiger partial charge in [-0.05, 0) is 51.0 Å². The molecule has 1 aromatic heterocycles. The summed E-state index contributed by atoms with van der Waals surface area (Å²) in [6.45, 7) is 0.609. The number of hydrogen-bond acceptors (Lipinski definition) is 4. The van der Waals surface area contributed by atoms with Crippen molar-refractivity contribution in [1.29, 1.82) is 0 Å². The van der Waals surface area contributed by atoms with E-state index in [9.17, 15) is 9.59 Å². The largest absolute Gasteiger partial charge is 0.474 e. The molecule has 2 heterocycles. The molecule has 0 aromatic carbocycles. The van der Waals surface area contributed by atoms with Crippen molar-refractivity contribution >= 4 is 11.8 Å². The molecule has 1 aliphatic carbocycles. The van der Waals surface area contributed by atoms with Gasteiger partial charge in [-0.1, -0.05) is 6.42 Å². The van der Waals surface area contributed by atoms with Crippen molar-refractivity contribution in [2.24, 2.45) is 0 Å². The molecule has 1 aliphatic heterocycles. The molecule has 1 aromatic rings. The number of hydrogen-bond donors (Lipinski definition) is 1. The van der Waals surface area contributed by atoms with Gasteiger partial charge in [0, 0.05) is 31.4 Å². The summed E-state index contributed by atoms with van der Waals surface area (Å²) in [5.74, 6) is 0.288. The Labute approximate surface area is 148 Å². The molecule has 1 atom stereocenters. The van der Waals surface area contributed by atoms with Gasteiger partial charge >= 0.3 is 0 Å². The molecule has 1 unspecified atom stereocenters. The molecule has 6 heteroatoms. The van der Waals surface area contributed by atoms with Gasteiger partial charge in [-0.3, -0.25) is 9.59 Å². The molecule has 0 radical (unpaired) electrons. The van der Waals surface area contributed by atoms with Crippen molar-refractivity contribution in [3.05, 3.63) is 23.9 Å². The van der Waals surface area contributed by atoms with E-state index in [1.807, 2.05) is 0 Å². The molecule has 1 saturated carbocycles. The first kappa shape index (κ1) is 17.7. The second-order valence-electron chi connectivity index (χ2n) is 6.89. The van der Waals surface area contributed by atoms with Crippen molar-refractivity contribution in [1.82, 2.24) is 15.2 Å². The third kappa shape index (κ3) is 4.30. The molecule has 6 nitrogen and oxygen atoms in total. The highest BCUT2D eigenvalue weighted by atomic mass is 16.5. The average Bonchev–Trinajstić information content (AvgIpc) is 2.68. The third-order valence-electron chi connectivity index (χ3n) is 5.13. The predicted molar refractivity (Wildman–Crippen MR) is 94.5 cm³/mol. The Morgan fingerprint density at radius 1 is 1.16 bits per heavy atom. The van der Waals surface area contributed by atoms with Crippen molar-refractivity contribution < 1.29 is 14.3 Å². The number of rotatable bonds is 4. The van der Waals surface area contributed by atoms with E-state index in [2.05, 4.69) is 10.3 Å². The van der Waals surface area contributed by atoms with Crippen LogP contribution < -0.4 is 10.1 Å². The van der Waals surface area contributed by atoms with Gasteiger partial charge in [0.05, 0.1) is 0 Å². The summed E-state index contributed by atoms with van der Waals surface area (Å²) in [6, 6.07) is 3.03. The van der Waals surface area contributed by atoms with Crippen LogP contribution in [0.3, 0.4) is 0 Å². The topological polar surface area (TPSA) is 71.5 Å². The molecule has 136 valence electrons. The first-order valence-corrected chi connectivity index (χ1v) is 9.34. The van der Waals surface area contributed by atoms with Crippen LogP contribution in [0.25, 0.3) is 0 Å². The Morgan fingerprint density at radius 2 is 1.92 bits per heavy atom. The Bertz CT molecular complexity index is 614. The monoisotopic (exact) mass is 345 g/mol. The van der Waals surface area contributed by atoms with Gasteiger partial charge in [-0.25, -0.2) is 4.98 Å². The quantitative estimate of drug-likeness (QED) is 0.910. The first-order chi connectivity index (χ1) is 12.2. The van der Waals surface area contributed by atoms with Gasteiger partial charge in [0.2, 0.25) is 11.8 Å². The standard InChI is InChI=1S/C19H27N3O3/c1-20-18(23)16-9-5-6-12-22(16)19(24)14-10-11-21-17(13-14)25-15-7-3-2-4-8-15/h10-11,13,15-16H,2-9,12H2,1H3,(H,20,23). The highest BCUT2D eigenvalue weighted by Crippen LogP contribution is 2.24. The minimum absolute atomic E-state index is 0.0965. The molecular formula is C19H27N3O3. The maximum absolute atomic E-state index is 12.9. The summed E-state index contributed by atoms with van der Waals surface area (Å²) in [6.07, 6.45) is 10.1. The minimum Gasteiger partial charge on any atom is -0.474 e. The highest BCUT2D eigenvalue weighted by molar-refractivity contribution is 5.97. The molecular weight excluding hydrogens is 318 g/mol. The first-order valence-electron chi connectivity index (χ1n) is 9.34. The lowest BCUT2D eigenvalue weighted by molar-refractivity contribution is -0.126. The lowest BCUT2D eigenvalue weighted by Gasteiger charge is -2.34. The Balaban J connectivity index is 1.72. The van der Waals surface area contributed by atoms with Crippen molar-refractivity contribution in [3.63, 3.8) is 0 Å². The van der Waals surface area contributed by atoms with Crippen LogP contribution in [-0.4, -0.2) is 47.4 Å². The highest BCUT2D eigenvalue weighted by Gasteiger charge is 2.32. The molecule has 2 aliphatic rings. The van der Waals surface area contributed by atoms with E-state index in [-0.39, 0.29) is 24.0 Å². The Hall–Kier alpha value is -2.11. The van der Waals surface area contributed by atoms with Crippen LogP contribution in [0.5, 0.6) is 5.88 Å². The lowest BCUT2D eigenvalue weighted by atomic mass is 9.98. The molecule has 2 fully saturated rings. The molecule has 25 heavy (non-hydrogen) atoms. The third-order valence-corrected chi connectivity index (χ3v) is 5.13. The fourth-order valence-corrected chi connectivity index (χ4v) is 3.74. The molecule has 0 bridgehead atoms. The molecule has 3 rings (SSSR count). The number of nitrogens with one attached hydrogen (secondary N) is 1. The average molecular weight is 345 g/mol. The van der Waals surface area contributed by atoms with Gasteiger partial charge in [0.1, 0.15) is 12.1 Å². The zero-order valence-electron chi connectivity index (χ0n) is 14.9. The van der Waals surface area contributed by atoms with Crippen LogP contribution in [0, 0.1) is 0 Å². The van der Waals surface area contributed by atoms with E-state index in [4.69, 9.17) is 4.74 Å². The number of nitrogens with zero attached hydrogens (tertiary/aromatic N) is 2. The zero-order chi connectivity index (χ0) is 17.6. The molecule has 2 amide bonds. The maximum Gasteiger partial charge on any atom is 0.254 e. The van der Waals surface area contributed by atoms with Gasteiger partial charge in [0.15, 0.2) is 0 Å². The van der Waals surface area contributed by atoms with E-state index in [1.54, 1.807) is 30.3 Å². The number of pyridine rings is 1. The van der Waals surface area contributed by atoms with Crippen LogP contribution >= 0.6 is 0 Å². The number of aromatic nitrogens is 1. The number of amides is 2. The molecule has 0 spiro atoms. The van der Waals surface area contributed by atoms with Gasteiger partial charge in [-0.15, -0.1) is 0 Å². The van der Waals surface area contributed by atoms with Gasteiger partial charge < -0.3 is 15.0 Å². The van der Waals surface area contributed by atoms with Crippen molar-refractivity contribution in [3.8, 4) is 5.88 Å². The van der Waals surface area contributed by atoms with Gasteiger partial charge in [0.25, 0.3) is 5.91 Å². The fraction of sp³-hybridized carbons (Fsp3) is 0.632. The maximum atomic E-state index is 12.9. The van der Waals surface area contributed by atoms with Gasteiger partial charge in [-0.2, -0.15) is 0 Å². The van der Waals surface area contributed by atoms with Crippen LogP contribution in [0.4, 0.5) is 0 Å². The minimum atomic E-state index is -0.387. The number of piperidine rings is 1. The van der Waals surface area contributed by atoms with Crippen molar-refractivity contribution in [2.45, 2.75) is 63.5 Å².